The van der Waals surface area contributed by atoms with Gasteiger partial charge in [0.15, 0.2) is 0 Å². The molecular weight excluding hydrogens is 383 g/mol. The summed E-state index contributed by atoms with van der Waals surface area (Å²) in [6.45, 7) is 9.65. The second kappa shape index (κ2) is 6.59. The van der Waals surface area contributed by atoms with E-state index in [1.165, 1.54) is 20.8 Å². The van der Waals surface area contributed by atoms with Crippen LogP contribution in [0.25, 0.3) is 0 Å². The van der Waals surface area contributed by atoms with Crippen LogP contribution in [0.4, 0.5) is 13.2 Å². The van der Waals surface area contributed by atoms with Crippen molar-refractivity contribution in [1.29, 1.82) is 0 Å². The zero-order valence-electron chi connectivity index (χ0n) is 18.4. The topological polar surface area (TPSA) is 69.6 Å². The first kappa shape index (κ1) is 22.9. The average molecular weight is 420 g/mol. The summed E-state index contributed by atoms with van der Waals surface area (Å²) >= 11 is 0. The Balaban J connectivity index is 1.87. The minimum absolute atomic E-state index is 0.102. The summed E-state index contributed by atoms with van der Waals surface area (Å²) < 4.78 is 42.2. The van der Waals surface area contributed by atoms with Crippen LogP contribution < -0.4 is 5.32 Å². The monoisotopic (exact) mass is 419 g/mol. The Bertz CT molecular complexity index is 612. The zero-order valence-corrected chi connectivity index (χ0v) is 18.4. The maximum Gasteiger partial charge on any atom is 0.393 e. The summed E-state index contributed by atoms with van der Waals surface area (Å²) in [5, 5.41) is 24.4. The molecule has 4 aliphatic rings. The summed E-state index contributed by atoms with van der Waals surface area (Å²) in [4.78, 5) is 13.3. The molecule has 0 aromatic heterocycles. The fourth-order valence-electron chi connectivity index (χ4n) is 6.77. The molecule has 29 heavy (non-hydrogen) atoms. The van der Waals surface area contributed by atoms with Crippen molar-refractivity contribution >= 4 is 5.91 Å². The molecule has 4 rings (SSSR count). The molecule has 4 aliphatic carbocycles. The molecule has 0 saturated heterocycles. The van der Waals surface area contributed by atoms with Crippen LogP contribution in [0, 0.1) is 34.5 Å². The first-order valence-electron chi connectivity index (χ1n) is 10.7. The third-order valence-electron chi connectivity index (χ3n) is 7.39. The number of carbonyl (C=O) groups excluding carboxylic acids is 1. The van der Waals surface area contributed by atoms with Gasteiger partial charge in [0.25, 0.3) is 0 Å². The van der Waals surface area contributed by atoms with Crippen LogP contribution in [-0.2, 0) is 4.79 Å². The van der Waals surface area contributed by atoms with E-state index < -0.39 is 46.0 Å². The molecule has 7 heteroatoms. The molecule has 0 radical (unpaired) electrons. The van der Waals surface area contributed by atoms with Gasteiger partial charge in [-0.1, -0.05) is 41.5 Å². The van der Waals surface area contributed by atoms with E-state index in [1.807, 2.05) is 0 Å². The lowest BCUT2D eigenvalue weighted by Crippen LogP contribution is -2.68. The van der Waals surface area contributed by atoms with Gasteiger partial charge in [-0.15, -0.1) is 0 Å². The summed E-state index contributed by atoms with van der Waals surface area (Å²) in [5.41, 5.74) is -3.82. The van der Waals surface area contributed by atoms with Gasteiger partial charge in [0.2, 0.25) is 5.91 Å². The van der Waals surface area contributed by atoms with Gasteiger partial charge < -0.3 is 15.5 Å². The number of hydrogen-bond donors (Lipinski definition) is 3. The number of amides is 1. The fraction of sp³-hybridized carbons (Fsp3) is 0.955. The Kier molecular flexibility index (Phi) is 5.19. The molecule has 0 aromatic carbocycles. The smallest absolute Gasteiger partial charge is 0.390 e. The fourth-order valence-corrected chi connectivity index (χ4v) is 6.77. The molecule has 4 fully saturated rings. The van der Waals surface area contributed by atoms with Gasteiger partial charge in [-0.25, -0.2) is 0 Å². The summed E-state index contributed by atoms with van der Waals surface area (Å²) in [7, 11) is 0. The average Bonchev–Trinajstić information content (AvgIpc) is 2.41. The van der Waals surface area contributed by atoms with Crippen molar-refractivity contribution in [3.8, 4) is 0 Å². The van der Waals surface area contributed by atoms with Crippen LogP contribution in [-0.4, -0.2) is 39.5 Å². The molecule has 2 atom stereocenters. The zero-order chi connectivity index (χ0) is 22.2. The molecule has 4 nitrogen and oxygen atoms in total. The number of halogens is 3. The van der Waals surface area contributed by atoms with Crippen LogP contribution in [0.3, 0.4) is 0 Å². The molecule has 0 heterocycles. The maximum atomic E-state index is 14.1. The summed E-state index contributed by atoms with van der Waals surface area (Å²) in [5.74, 6) is -3.78. The minimum Gasteiger partial charge on any atom is -0.390 e. The van der Waals surface area contributed by atoms with Gasteiger partial charge in [-0.3, -0.25) is 4.79 Å². The van der Waals surface area contributed by atoms with Gasteiger partial charge in [-0.05, 0) is 48.3 Å². The van der Waals surface area contributed by atoms with Crippen molar-refractivity contribution in [2.75, 3.05) is 0 Å². The van der Waals surface area contributed by atoms with Crippen LogP contribution >= 0.6 is 0 Å². The normalized spacial score (nSPS) is 39.3. The second-order valence-electron chi connectivity index (χ2n) is 12.2. The van der Waals surface area contributed by atoms with Crippen molar-refractivity contribution < 1.29 is 28.2 Å². The first-order valence-corrected chi connectivity index (χ1v) is 10.7. The van der Waals surface area contributed by atoms with Gasteiger partial charge >= 0.3 is 6.18 Å². The lowest BCUT2D eigenvalue weighted by atomic mass is 9.50. The van der Waals surface area contributed by atoms with Crippen molar-refractivity contribution in [2.24, 2.45) is 34.5 Å². The van der Waals surface area contributed by atoms with E-state index in [1.54, 1.807) is 20.8 Å². The molecule has 0 aliphatic heterocycles. The van der Waals surface area contributed by atoms with Gasteiger partial charge in [0, 0.05) is 12.5 Å². The highest BCUT2D eigenvalue weighted by molar-refractivity contribution is 5.80. The van der Waals surface area contributed by atoms with Crippen molar-refractivity contribution in [3.05, 3.63) is 0 Å². The largest absolute Gasteiger partial charge is 0.393 e. The van der Waals surface area contributed by atoms with Crippen LogP contribution in [0.5, 0.6) is 0 Å². The van der Waals surface area contributed by atoms with E-state index in [9.17, 15) is 28.2 Å². The Labute approximate surface area is 171 Å². The molecule has 0 spiro atoms. The quantitative estimate of drug-likeness (QED) is 0.647. The first-order chi connectivity index (χ1) is 12.8. The molecule has 4 bridgehead atoms. The predicted octanol–water partition coefficient (Wildman–Crippen LogP) is 4.04. The Morgan fingerprint density at radius 2 is 1.31 bits per heavy atom. The number of hydrogen-bond acceptors (Lipinski definition) is 3. The van der Waals surface area contributed by atoms with E-state index in [0.717, 1.165) is 0 Å². The number of carbonyl (C=O) groups is 1. The van der Waals surface area contributed by atoms with Gasteiger partial charge in [-0.2, -0.15) is 13.2 Å². The second-order valence-corrected chi connectivity index (χ2v) is 12.2. The van der Waals surface area contributed by atoms with Crippen molar-refractivity contribution in [1.82, 2.24) is 5.32 Å². The third-order valence-corrected chi connectivity index (χ3v) is 7.39. The molecule has 0 aromatic rings. The number of alkyl halides is 3. The number of aliphatic hydroxyl groups is 2. The van der Waals surface area contributed by atoms with E-state index in [0.29, 0.717) is 32.1 Å². The standard InChI is InChI=1S/C22H36F3NO3/c1-18(2,3)14(16(19(4,5)6)22(23,24)25)17(27)26-15-12-7-20(28)9-13(15)10-21(29,8-12)11-20/h12-16,28-29H,7-11H2,1-6H3,(H,26,27). The number of rotatable bonds is 3. The van der Waals surface area contributed by atoms with Crippen LogP contribution in [0.15, 0.2) is 0 Å². The molecule has 168 valence electrons. The molecule has 3 N–H and O–H groups in total. The molecule has 1 amide bonds. The Morgan fingerprint density at radius 3 is 1.62 bits per heavy atom. The lowest BCUT2D eigenvalue weighted by molar-refractivity contribution is -0.228. The predicted molar refractivity (Wildman–Crippen MR) is 104 cm³/mol. The summed E-state index contributed by atoms with van der Waals surface area (Å²) in [6, 6.07) is -0.290. The molecule has 2 unspecified atom stereocenters. The highest BCUT2D eigenvalue weighted by Crippen LogP contribution is 2.58. The molecular formula is C22H36F3NO3. The van der Waals surface area contributed by atoms with Crippen LogP contribution in [0.2, 0.25) is 0 Å². The van der Waals surface area contributed by atoms with E-state index >= 15 is 0 Å². The SMILES string of the molecule is CC(C)(C)C(C(=O)NC1C2CC3(O)CC1CC(O)(C2)C3)C(C(C)(C)C)C(F)(F)F. The van der Waals surface area contributed by atoms with Crippen molar-refractivity contribution in [2.45, 2.75) is 97.1 Å². The highest BCUT2D eigenvalue weighted by atomic mass is 19.4. The van der Waals surface area contributed by atoms with E-state index in [2.05, 4.69) is 5.32 Å². The highest BCUT2D eigenvalue weighted by Gasteiger charge is 2.62. The third kappa shape index (κ3) is 4.32. The lowest BCUT2D eigenvalue weighted by Gasteiger charge is -2.61. The Morgan fingerprint density at radius 1 is 0.897 bits per heavy atom. The van der Waals surface area contributed by atoms with Gasteiger partial charge in [0.05, 0.1) is 23.0 Å². The Hall–Kier alpha value is -0.820. The van der Waals surface area contributed by atoms with E-state index in [4.69, 9.17) is 0 Å². The molecule has 4 saturated carbocycles. The van der Waals surface area contributed by atoms with Crippen molar-refractivity contribution in [3.63, 3.8) is 0 Å². The van der Waals surface area contributed by atoms with Gasteiger partial charge in [0.1, 0.15) is 0 Å². The van der Waals surface area contributed by atoms with Crippen LogP contribution in [0.1, 0.15) is 73.6 Å². The number of nitrogens with one attached hydrogen (secondary N) is 1. The minimum atomic E-state index is -4.50. The maximum absolute atomic E-state index is 14.1. The summed E-state index contributed by atoms with van der Waals surface area (Å²) in [6.07, 6.45) is -2.20. The van der Waals surface area contributed by atoms with E-state index in [-0.39, 0.29) is 17.9 Å².